The topological polar surface area (TPSA) is 60.3 Å². The minimum atomic E-state index is -0.110. The van der Waals surface area contributed by atoms with E-state index in [1.807, 2.05) is 19.9 Å². The van der Waals surface area contributed by atoms with Crippen LogP contribution in [0.5, 0.6) is 0 Å². The average molecular weight is 278 g/mol. The van der Waals surface area contributed by atoms with Crippen molar-refractivity contribution in [3.05, 3.63) is 34.2 Å². The molecule has 20 heavy (non-hydrogen) atoms. The molecule has 1 fully saturated rings. The molecule has 5 nitrogen and oxygen atoms in total. The van der Waals surface area contributed by atoms with Crippen LogP contribution in [0.1, 0.15) is 32.3 Å². The summed E-state index contributed by atoms with van der Waals surface area (Å²) in [7, 11) is 0. The van der Waals surface area contributed by atoms with Gasteiger partial charge in [-0.15, -0.1) is 0 Å². The second-order valence-electron chi connectivity index (χ2n) is 5.17. The van der Waals surface area contributed by atoms with E-state index in [0.29, 0.717) is 12.1 Å². The fraction of sp³-hybridized carbons (Fsp3) is 0.600. The number of nitrogens with zero attached hydrogens (tertiary/aromatic N) is 1. The molecule has 1 aromatic rings. The molecular weight excluding hydrogens is 256 g/mol. The first-order chi connectivity index (χ1) is 9.63. The fourth-order valence-corrected chi connectivity index (χ4v) is 2.55. The Bertz CT molecular complexity index is 524. The Morgan fingerprint density at radius 2 is 2.35 bits per heavy atom. The molecule has 0 bridgehead atoms. The van der Waals surface area contributed by atoms with E-state index in [2.05, 4.69) is 5.32 Å². The molecule has 0 spiro atoms. The van der Waals surface area contributed by atoms with Gasteiger partial charge < -0.3 is 14.6 Å². The first-order valence-corrected chi connectivity index (χ1v) is 7.21. The van der Waals surface area contributed by atoms with Crippen LogP contribution in [-0.2, 0) is 22.6 Å². The normalized spacial score (nSPS) is 22.5. The first kappa shape index (κ1) is 14.8. The van der Waals surface area contributed by atoms with Gasteiger partial charge in [-0.1, -0.05) is 6.07 Å². The molecule has 1 aliphatic rings. The van der Waals surface area contributed by atoms with E-state index < -0.39 is 0 Å². The van der Waals surface area contributed by atoms with Gasteiger partial charge in [0.1, 0.15) is 0 Å². The molecule has 2 unspecified atom stereocenters. The highest BCUT2D eigenvalue weighted by Crippen LogP contribution is 2.20. The Morgan fingerprint density at radius 3 is 3.05 bits per heavy atom. The summed E-state index contributed by atoms with van der Waals surface area (Å²) in [6.45, 7) is 5.49. The molecule has 0 saturated carbocycles. The van der Waals surface area contributed by atoms with Gasteiger partial charge in [0.15, 0.2) is 0 Å². The number of pyridine rings is 1. The molecule has 1 saturated heterocycles. The maximum Gasteiger partial charge on any atom is 0.255 e. The van der Waals surface area contributed by atoms with Crippen LogP contribution in [0.4, 0.5) is 0 Å². The lowest BCUT2D eigenvalue weighted by molar-refractivity contribution is -0.133. The van der Waals surface area contributed by atoms with Gasteiger partial charge in [-0.3, -0.25) is 9.59 Å². The highest BCUT2D eigenvalue weighted by Gasteiger charge is 2.28. The summed E-state index contributed by atoms with van der Waals surface area (Å²) in [6, 6.07) is 3.59. The standard InChI is InChI=1S/C15H22N2O3/c1-3-17-8-4-6-12(15(17)19)10-16-14(18)13-7-5-9-20-11(13)2/h4,6,8,11,13H,3,5,7,9-10H2,1-2H3,(H,16,18). The molecule has 0 aromatic carbocycles. The summed E-state index contributed by atoms with van der Waals surface area (Å²) in [5.74, 6) is -0.135. The molecule has 2 atom stereocenters. The number of amides is 1. The first-order valence-electron chi connectivity index (χ1n) is 7.21. The maximum absolute atomic E-state index is 12.1. The van der Waals surface area contributed by atoms with Crippen LogP contribution in [0.2, 0.25) is 0 Å². The van der Waals surface area contributed by atoms with Crippen molar-refractivity contribution in [3.63, 3.8) is 0 Å². The molecule has 1 N–H and O–H groups in total. The Morgan fingerprint density at radius 1 is 1.55 bits per heavy atom. The molecule has 1 amide bonds. The van der Waals surface area contributed by atoms with Crippen LogP contribution < -0.4 is 10.9 Å². The van der Waals surface area contributed by atoms with E-state index in [1.165, 1.54) is 0 Å². The lowest BCUT2D eigenvalue weighted by atomic mass is 9.94. The summed E-state index contributed by atoms with van der Waals surface area (Å²) >= 11 is 0. The molecular formula is C15H22N2O3. The van der Waals surface area contributed by atoms with Crippen molar-refractivity contribution >= 4 is 5.91 Å². The molecule has 2 rings (SSSR count). The van der Waals surface area contributed by atoms with Gasteiger partial charge in [0.25, 0.3) is 5.56 Å². The lowest BCUT2D eigenvalue weighted by Crippen LogP contribution is -2.40. The SMILES string of the molecule is CCn1cccc(CNC(=O)C2CCCOC2C)c1=O. The minimum Gasteiger partial charge on any atom is -0.378 e. The predicted octanol–water partition coefficient (Wildman–Crippen LogP) is 1.30. The van der Waals surface area contributed by atoms with Crippen LogP contribution in [0.3, 0.4) is 0 Å². The highest BCUT2D eigenvalue weighted by atomic mass is 16.5. The van der Waals surface area contributed by atoms with E-state index in [-0.39, 0.29) is 30.0 Å². The Hall–Kier alpha value is -1.62. The number of hydrogen-bond acceptors (Lipinski definition) is 3. The van der Waals surface area contributed by atoms with Gasteiger partial charge in [0, 0.05) is 31.5 Å². The van der Waals surface area contributed by atoms with Gasteiger partial charge in [0.2, 0.25) is 5.91 Å². The van der Waals surface area contributed by atoms with E-state index in [1.54, 1.807) is 16.8 Å². The Labute approximate surface area is 118 Å². The molecule has 0 radical (unpaired) electrons. The molecule has 110 valence electrons. The Balaban J connectivity index is 1.98. The number of ether oxygens (including phenoxy) is 1. The summed E-state index contributed by atoms with van der Waals surface area (Å²) in [6.07, 6.45) is 3.47. The van der Waals surface area contributed by atoms with Crippen LogP contribution in [-0.4, -0.2) is 23.2 Å². The molecule has 1 aromatic heterocycles. The number of carbonyl (C=O) groups excluding carboxylic acids is 1. The third kappa shape index (κ3) is 3.28. The molecule has 5 heteroatoms. The minimum absolute atomic E-state index is 0.0245. The van der Waals surface area contributed by atoms with Crippen molar-refractivity contribution < 1.29 is 9.53 Å². The van der Waals surface area contributed by atoms with Crippen molar-refractivity contribution in [1.29, 1.82) is 0 Å². The summed E-state index contributed by atoms with van der Waals surface area (Å²) < 4.78 is 7.13. The van der Waals surface area contributed by atoms with Crippen molar-refractivity contribution in [3.8, 4) is 0 Å². The third-order valence-corrected chi connectivity index (χ3v) is 3.84. The van der Waals surface area contributed by atoms with Crippen LogP contribution in [0, 0.1) is 5.92 Å². The highest BCUT2D eigenvalue weighted by molar-refractivity contribution is 5.79. The fourth-order valence-electron chi connectivity index (χ4n) is 2.55. The van der Waals surface area contributed by atoms with Crippen molar-refractivity contribution in [2.24, 2.45) is 5.92 Å². The van der Waals surface area contributed by atoms with Gasteiger partial charge in [-0.25, -0.2) is 0 Å². The molecule has 2 heterocycles. The average Bonchev–Trinajstić information content (AvgIpc) is 2.46. The van der Waals surface area contributed by atoms with E-state index in [4.69, 9.17) is 4.74 Å². The second-order valence-corrected chi connectivity index (χ2v) is 5.17. The summed E-state index contributed by atoms with van der Waals surface area (Å²) in [5.41, 5.74) is 0.579. The van der Waals surface area contributed by atoms with Crippen LogP contribution in [0.25, 0.3) is 0 Å². The van der Waals surface area contributed by atoms with Crippen molar-refractivity contribution in [1.82, 2.24) is 9.88 Å². The number of carbonyl (C=O) groups is 1. The second kappa shape index (κ2) is 6.70. The Kier molecular flexibility index (Phi) is 4.95. The number of nitrogens with one attached hydrogen (secondary N) is 1. The number of aryl methyl sites for hydroxylation is 1. The zero-order valence-electron chi connectivity index (χ0n) is 12.1. The summed E-state index contributed by atoms with van der Waals surface area (Å²) in [5, 5.41) is 2.86. The van der Waals surface area contributed by atoms with Crippen molar-refractivity contribution in [2.45, 2.75) is 45.9 Å². The number of aromatic nitrogens is 1. The zero-order chi connectivity index (χ0) is 14.5. The molecule has 1 aliphatic heterocycles. The quantitative estimate of drug-likeness (QED) is 0.903. The third-order valence-electron chi connectivity index (χ3n) is 3.84. The predicted molar refractivity (Wildman–Crippen MR) is 76.4 cm³/mol. The smallest absolute Gasteiger partial charge is 0.255 e. The van der Waals surface area contributed by atoms with E-state index in [0.717, 1.165) is 19.4 Å². The maximum atomic E-state index is 12.1. The lowest BCUT2D eigenvalue weighted by Gasteiger charge is -2.28. The largest absolute Gasteiger partial charge is 0.378 e. The van der Waals surface area contributed by atoms with E-state index >= 15 is 0 Å². The summed E-state index contributed by atoms with van der Waals surface area (Å²) in [4.78, 5) is 24.2. The van der Waals surface area contributed by atoms with Crippen LogP contribution >= 0.6 is 0 Å². The monoisotopic (exact) mass is 278 g/mol. The van der Waals surface area contributed by atoms with Gasteiger partial charge in [-0.05, 0) is 32.8 Å². The van der Waals surface area contributed by atoms with Gasteiger partial charge in [-0.2, -0.15) is 0 Å². The number of hydrogen-bond donors (Lipinski definition) is 1. The molecule has 0 aliphatic carbocycles. The van der Waals surface area contributed by atoms with Gasteiger partial charge >= 0.3 is 0 Å². The van der Waals surface area contributed by atoms with Crippen molar-refractivity contribution in [2.75, 3.05) is 6.61 Å². The zero-order valence-corrected chi connectivity index (χ0v) is 12.1. The van der Waals surface area contributed by atoms with E-state index in [9.17, 15) is 9.59 Å². The van der Waals surface area contributed by atoms with Crippen LogP contribution in [0.15, 0.2) is 23.1 Å². The number of rotatable bonds is 4. The van der Waals surface area contributed by atoms with Gasteiger partial charge in [0.05, 0.1) is 12.0 Å².